The highest BCUT2D eigenvalue weighted by Gasteiger charge is 2.51. The molecule has 2 aliphatic heterocycles. The Bertz CT molecular complexity index is 2750. The quantitative estimate of drug-likeness (QED) is 0.0425. The Labute approximate surface area is 465 Å². The van der Waals surface area contributed by atoms with Gasteiger partial charge in [0.25, 0.3) is 9.84 Å². The van der Waals surface area contributed by atoms with Gasteiger partial charge in [-0.25, -0.2) is 12.8 Å². The lowest BCUT2D eigenvalue weighted by atomic mass is 9.97. The fourth-order valence-electron chi connectivity index (χ4n) is 9.57. The van der Waals surface area contributed by atoms with Crippen LogP contribution in [0, 0.1) is 18.7 Å². The molecule has 0 amide bonds. The van der Waals surface area contributed by atoms with Gasteiger partial charge in [-0.1, -0.05) is 68.8 Å². The molecule has 416 valence electrons. The second kappa shape index (κ2) is 29.6. The largest absolute Gasteiger partial charge is 0.501 e. The third-order valence-corrected chi connectivity index (χ3v) is 17.9. The Kier molecular flexibility index (Phi) is 24.3. The van der Waals surface area contributed by atoms with Gasteiger partial charge in [-0.3, -0.25) is 9.52 Å². The first-order valence-corrected chi connectivity index (χ1v) is 30.4. The number of alkyl halides is 3. The first-order valence-electron chi connectivity index (χ1n) is 25.7. The van der Waals surface area contributed by atoms with E-state index in [-0.39, 0.29) is 24.2 Å². The first kappa shape index (κ1) is 62.5. The Morgan fingerprint density at radius 1 is 0.829 bits per heavy atom. The van der Waals surface area contributed by atoms with Gasteiger partial charge in [0.05, 0.1) is 22.6 Å². The molecule has 0 saturated carbocycles. The molecule has 11 nitrogen and oxygen atoms in total. The van der Waals surface area contributed by atoms with Gasteiger partial charge >= 0.3 is 11.5 Å². The van der Waals surface area contributed by atoms with Crippen molar-refractivity contribution in [3.8, 4) is 22.4 Å². The van der Waals surface area contributed by atoms with Crippen molar-refractivity contribution in [1.29, 1.82) is 0 Å². The van der Waals surface area contributed by atoms with Gasteiger partial charge in [0.1, 0.15) is 5.82 Å². The molecule has 4 N–H and O–H groups in total. The normalized spacial score (nSPS) is 17.4. The van der Waals surface area contributed by atoms with Gasteiger partial charge in [-0.2, -0.15) is 13.2 Å². The van der Waals surface area contributed by atoms with Crippen LogP contribution in [0.2, 0.25) is 5.02 Å². The molecule has 1 aliphatic carbocycles. The molecule has 3 heterocycles. The third kappa shape index (κ3) is 16.1. The minimum absolute atomic E-state index is 0.0851. The lowest BCUT2D eigenvalue weighted by Crippen LogP contribution is -2.46. The van der Waals surface area contributed by atoms with Gasteiger partial charge in [0, 0.05) is 87.7 Å². The van der Waals surface area contributed by atoms with Crippen LogP contribution in [0.25, 0.3) is 22.4 Å². The summed E-state index contributed by atoms with van der Waals surface area (Å²) in [5, 5.41) is 15.9. The third-order valence-electron chi connectivity index (χ3n) is 13.2. The van der Waals surface area contributed by atoms with E-state index in [0.29, 0.717) is 37.6 Å². The average Bonchev–Trinajstić information content (AvgIpc) is 3.74. The molecular weight excluding hydrogens is 1080 g/mol. The van der Waals surface area contributed by atoms with E-state index >= 15 is 4.39 Å². The number of likely N-dealkylation sites (tertiary alicyclic amines) is 1. The zero-order chi connectivity index (χ0) is 55.7. The highest BCUT2D eigenvalue weighted by atomic mass is 35.5. The minimum Gasteiger partial charge on any atom is -0.481 e. The van der Waals surface area contributed by atoms with Crippen molar-refractivity contribution in [2.24, 2.45) is 5.92 Å². The number of benzene rings is 4. The summed E-state index contributed by atoms with van der Waals surface area (Å²) in [6.45, 7) is 18.4. The second-order valence-corrected chi connectivity index (χ2v) is 23.6. The highest BCUT2D eigenvalue weighted by molar-refractivity contribution is 8.01. The Hall–Kier alpha value is -4.34. The number of aromatic nitrogens is 1. The van der Waals surface area contributed by atoms with Gasteiger partial charge in [0.2, 0.25) is 0 Å². The summed E-state index contributed by atoms with van der Waals surface area (Å²) in [5.41, 5.74) is 2.19. The summed E-state index contributed by atoms with van der Waals surface area (Å²) in [5.74, 6) is -1.00. The van der Waals surface area contributed by atoms with Gasteiger partial charge in [-0.15, -0.1) is 11.8 Å². The van der Waals surface area contributed by atoms with E-state index in [0.717, 1.165) is 113 Å². The van der Waals surface area contributed by atoms with Crippen LogP contribution in [0.1, 0.15) is 78.5 Å². The number of anilines is 3. The molecule has 2 saturated heterocycles. The number of nitrogens with one attached hydrogen (secondary N) is 2. The predicted molar refractivity (Wildman–Crippen MR) is 311 cm³/mol. The number of carboxylic acids is 1. The number of aliphatic carboxylic acids is 1. The summed E-state index contributed by atoms with van der Waals surface area (Å²) in [6.07, 6.45) is 6.80. The zero-order valence-corrected chi connectivity index (χ0v) is 48.6. The van der Waals surface area contributed by atoms with Gasteiger partial charge in [0.15, 0.2) is 0 Å². The molecule has 0 bridgehead atoms. The predicted octanol–water partition coefficient (Wildman–Crippen LogP) is 14.1. The van der Waals surface area contributed by atoms with Crippen LogP contribution in [0.3, 0.4) is 0 Å². The number of sulfone groups is 1. The molecule has 0 spiro atoms. The Balaban J connectivity index is 0.000000579. The minimum atomic E-state index is -5.53. The van der Waals surface area contributed by atoms with Crippen molar-refractivity contribution in [1.82, 2.24) is 14.2 Å². The van der Waals surface area contributed by atoms with E-state index < -0.39 is 37.5 Å². The number of hydrogen-bond donors (Lipinski definition) is 4. The average molecular weight is 1150 g/mol. The van der Waals surface area contributed by atoms with E-state index in [1.165, 1.54) is 18.0 Å². The number of aliphatic hydroxyl groups excluding tert-OH is 1. The number of hydrogen-bond acceptors (Lipinski definition) is 12. The van der Waals surface area contributed by atoms with Crippen molar-refractivity contribution in [2.75, 3.05) is 73.7 Å². The Morgan fingerprint density at radius 2 is 1.43 bits per heavy atom. The monoisotopic (exact) mass is 1150 g/mol. The first-order chi connectivity index (χ1) is 36.4. The van der Waals surface area contributed by atoms with Crippen LogP contribution >= 0.6 is 47.3 Å². The van der Waals surface area contributed by atoms with Crippen LogP contribution in [0.4, 0.5) is 34.6 Å². The molecule has 2 unspecified atom stereocenters. The number of thioether (sulfide) groups is 1. The SMILES string of the molecule is CC.CCCN1CCC(C(=O)O)CC1.CO.CSc1c(-c2cc(F)cc(N3CCN(c4ccc(NSC5C=C(S(=O)(=O)C(F)(F)F)C(NSc6ccccc6)CC5)cc4)CC3)c2)c(-c2ccc(Cl)cc2)n(C(C)C)c1C. The standard InChI is InChI=1S/C44H46ClF4N5O2S4.C9H17NO2.C2H6.CH4O/c1-28(2)54-29(3)43(57-4)41(42(54)30-10-12-32(45)13-11-30)31-24-33(46)26-36(25-31)53-22-20-52(21-23-53)35-16-14-34(15-17-35)50-59-38-18-19-39(51-58-37-8-6-5-7-9-37)40(27-38)60(55,56)44(47,48)49;1-2-5-10-6-3-8(4-7-10)9(11)12;2*1-2/h5-17,24-28,38-39,50-51H,18-23H2,1-4H3;8H,2-7H2,1H3,(H,11,12);1-2H3;2H,1H3. The molecule has 8 rings (SSSR count). The van der Waals surface area contributed by atoms with Gasteiger partial charge < -0.3 is 34.2 Å². The molecule has 1 aromatic heterocycles. The highest BCUT2D eigenvalue weighted by Crippen LogP contribution is 2.46. The maximum absolute atomic E-state index is 15.6. The number of carbonyl (C=O) groups is 1. The van der Waals surface area contributed by atoms with Crippen LogP contribution in [0.5, 0.6) is 0 Å². The maximum Gasteiger partial charge on any atom is 0.501 e. The fraction of sp³-hybridized carbons (Fsp3) is 0.446. The second-order valence-electron chi connectivity index (χ2n) is 18.4. The van der Waals surface area contributed by atoms with Gasteiger partial charge in [-0.05, 0) is 181 Å². The summed E-state index contributed by atoms with van der Waals surface area (Å²) in [7, 11) is -4.53. The molecule has 5 aromatic rings. The van der Waals surface area contributed by atoms with Crippen molar-refractivity contribution in [2.45, 2.75) is 106 Å². The molecule has 0 radical (unpaired) electrons. The van der Waals surface area contributed by atoms with Crippen molar-refractivity contribution < 1.29 is 41.0 Å². The molecule has 76 heavy (non-hydrogen) atoms. The van der Waals surface area contributed by atoms with Crippen molar-refractivity contribution in [3.05, 3.63) is 125 Å². The van der Waals surface area contributed by atoms with Crippen LogP contribution in [-0.4, -0.2) is 110 Å². The van der Waals surface area contributed by atoms with E-state index in [1.807, 2.05) is 68.4 Å². The summed E-state index contributed by atoms with van der Waals surface area (Å²) < 4.78 is 90.6. The van der Waals surface area contributed by atoms with E-state index in [2.05, 4.69) is 68.7 Å². The topological polar surface area (TPSA) is 130 Å². The number of aliphatic hydroxyl groups is 1. The number of piperidine rings is 1. The number of nitrogens with zero attached hydrogens (tertiary/aromatic N) is 4. The maximum atomic E-state index is 15.6. The molecule has 20 heteroatoms. The lowest BCUT2D eigenvalue weighted by Gasteiger charge is -2.37. The van der Waals surface area contributed by atoms with E-state index in [1.54, 1.807) is 48.2 Å². The summed E-state index contributed by atoms with van der Waals surface area (Å²) in [4.78, 5) is 18.7. The molecule has 4 aromatic carbocycles. The number of halogens is 5. The van der Waals surface area contributed by atoms with Crippen LogP contribution in [-0.2, 0) is 14.6 Å². The molecule has 2 atom stereocenters. The van der Waals surface area contributed by atoms with E-state index in [9.17, 15) is 26.4 Å². The van der Waals surface area contributed by atoms with Crippen LogP contribution < -0.4 is 19.2 Å². The Morgan fingerprint density at radius 3 is 1.99 bits per heavy atom. The molecule has 2 fully saturated rings. The molecular formula is C56H73ClF4N6O5S4. The van der Waals surface area contributed by atoms with Crippen molar-refractivity contribution >= 4 is 80.1 Å². The molecule has 3 aliphatic rings. The van der Waals surface area contributed by atoms with E-state index in [4.69, 9.17) is 21.8 Å². The van der Waals surface area contributed by atoms with Crippen molar-refractivity contribution in [3.63, 3.8) is 0 Å². The lowest BCUT2D eigenvalue weighted by molar-refractivity contribution is -0.143. The number of piperazine rings is 1. The summed E-state index contributed by atoms with van der Waals surface area (Å²) >= 11 is 10.2. The zero-order valence-electron chi connectivity index (χ0n) is 44.5. The number of rotatable bonds is 16. The summed E-state index contributed by atoms with van der Waals surface area (Å²) in [6, 6.07) is 29.1. The smallest absolute Gasteiger partial charge is 0.481 e. The fourth-order valence-corrected chi connectivity index (χ4v) is 13.5. The number of carboxylic acid groups (broad SMARTS) is 1. The van der Waals surface area contributed by atoms with Crippen LogP contribution in [0.15, 0.2) is 118 Å².